The molecule has 0 amide bonds. The predicted molar refractivity (Wildman–Crippen MR) is 65.2 cm³/mol. The van der Waals surface area contributed by atoms with E-state index in [1.807, 2.05) is 12.1 Å². The van der Waals surface area contributed by atoms with Crippen LogP contribution in [0.5, 0.6) is 0 Å². The minimum absolute atomic E-state index is 0. The van der Waals surface area contributed by atoms with E-state index >= 15 is 0 Å². The second-order valence-electron chi connectivity index (χ2n) is 4.09. The highest BCUT2D eigenvalue weighted by atomic mass is 35.5. The Morgan fingerprint density at radius 2 is 2.00 bits per heavy atom. The smallest absolute Gasteiger partial charge is 0.335 e. The molecule has 2 rings (SSSR count). The molecule has 0 heterocycles. The van der Waals surface area contributed by atoms with Gasteiger partial charge in [-0.05, 0) is 30.4 Å². The molecule has 16 heavy (non-hydrogen) atoms. The minimum atomic E-state index is -0.857. The number of carboxylic acids is 1. The summed E-state index contributed by atoms with van der Waals surface area (Å²) in [6, 6.07) is 7.30. The summed E-state index contributed by atoms with van der Waals surface area (Å²) in [6.45, 7) is 0. The van der Waals surface area contributed by atoms with Gasteiger partial charge in [-0.2, -0.15) is 0 Å². The highest BCUT2D eigenvalue weighted by molar-refractivity contribution is 5.89. The normalized spacial score (nSPS) is 23.8. The topological polar surface area (TPSA) is 63.3 Å². The first-order valence-electron chi connectivity index (χ1n) is 5.28. The van der Waals surface area contributed by atoms with Crippen LogP contribution in [0.2, 0.25) is 0 Å². The van der Waals surface area contributed by atoms with E-state index in [1.165, 1.54) is 0 Å². The second-order valence-corrected chi connectivity index (χ2v) is 4.09. The van der Waals surface area contributed by atoms with E-state index in [1.54, 1.807) is 12.1 Å². The van der Waals surface area contributed by atoms with Gasteiger partial charge < -0.3 is 10.8 Å². The summed E-state index contributed by atoms with van der Waals surface area (Å²) in [7, 11) is 0. The molecule has 1 aromatic carbocycles. The maximum atomic E-state index is 11.0. The number of aromatic carboxylic acids is 1. The molecule has 0 spiro atoms. The fraction of sp³-hybridized carbons (Fsp3) is 0.417. The summed E-state index contributed by atoms with van der Waals surface area (Å²) >= 11 is 0. The Labute approximate surface area is 101 Å². The SMILES string of the molecule is Cl.N[C@H]1CCC[C@H]1c1ccccc1C(=O)O. The van der Waals surface area contributed by atoms with E-state index in [2.05, 4.69) is 0 Å². The summed E-state index contributed by atoms with van der Waals surface area (Å²) in [5.74, 6) is -0.637. The lowest BCUT2D eigenvalue weighted by atomic mass is 9.90. The van der Waals surface area contributed by atoms with E-state index in [0.29, 0.717) is 5.56 Å². The molecule has 0 aromatic heterocycles. The van der Waals surface area contributed by atoms with Crippen molar-refractivity contribution in [1.29, 1.82) is 0 Å². The van der Waals surface area contributed by atoms with Crippen LogP contribution in [-0.2, 0) is 0 Å². The van der Waals surface area contributed by atoms with Crippen LogP contribution in [0.15, 0.2) is 24.3 Å². The molecule has 0 unspecified atom stereocenters. The fourth-order valence-electron chi connectivity index (χ4n) is 2.39. The summed E-state index contributed by atoms with van der Waals surface area (Å²) in [5, 5.41) is 9.07. The average Bonchev–Trinajstić information content (AvgIpc) is 2.64. The molecule has 1 fully saturated rings. The van der Waals surface area contributed by atoms with Crippen molar-refractivity contribution < 1.29 is 9.90 Å². The largest absolute Gasteiger partial charge is 0.478 e. The Balaban J connectivity index is 0.00000128. The lowest BCUT2D eigenvalue weighted by molar-refractivity contribution is 0.0695. The molecular formula is C12H16ClNO2. The van der Waals surface area contributed by atoms with E-state index in [9.17, 15) is 4.79 Å². The first-order chi connectivity index (χ1) is 7.20. The quantitative estimate of drug-likeness (QED) is 0.836. The molecule has 1 aliphatic carbocycles. The Hall–Kier alpha value is -1.06. The molecular weight excluding hydrogens is 226 g/mol. The fourth-order valence-corrected chi connectivity index (χ4v) is 2.39. The molecule has 0 radical (unpaired) electrons. The van der Waals surface area contributed by atoms with Gasteiger partial charge in [-0.1, -0.05) is 24.6 Å². The first kappa shape index (κ1) is 13.0. The summed E-state index contributed by atoms with van der Waals surface area (Å²) in [6.07, 6.45) is 3.10. The monoisotopic (exact) mass is 241 g/mol. The van der Waals surface area contributed by atoms with Crippen LogP contribution in [0, 0.1) is 0 Å². The average molecular weight is 242 g/mol. The van der Waals surface area contributed by atoms with Gasteiger partial charge in [0.25, 0.3) is 0 Å². The van der Waals surface area contributed by atoms with Crippen molar-refractivity contribution in [3.8, 4) is 0 Å². The number of benzene rings is 1. The van der Waals surface area contributed by atoms with Crippen molar-refractivity contribution in [2.75, 3.05) is 0 Å². The van der Waals surface area contributed by atoms with Gasteiger partial charge in [0.15, 0.2) is 0 Å². The van der Waals surface area contributed by atoms with Gasteiger partial charge in [0, 0.05) is 6.04 Å². The lowest BCUT2D eigenvalue weighted by Gasteiger charge is -2.17. The zero-order chi connectivity index (χ0) is 10.8. The van der Waals surface area contributed by atoms with Gasteiger partial charge in [0.05, 0.1) is 5.56 Å². The van der Waals surface area contributed by atoms with E-state index in [-0.39, 0.29) is 24.4 Å². The van der Waals surface area contributed by atoms with Gasteiger partial charge in [-0.3, -0.25) is 0 Å². The Bertz CT molecular complexity index is 381. The molecule has 88 valence electrons. The van der Waals surface area contributed by atoms with Crippen LogP contribution in [0.1, 0.15) is 41.1 Å². The van der Waals surface area contributed by atoms with Crippen molar-refractivity contribution in [2.45, 2.75) is 31.2 Å². The standard InChI is InChI=1S/C12H15NO2.ClH/c13-11-7-3-6-9(11)8-4-1-2-5-10(8)12(14)15;/h1-2,4-5,9,11H,3,6-7,13H2,(H,14,15);1H/t9-,11-;/m0./s1. The van der Waals surface area contributed by atoms with Crippen molar-refractivity contribution >= 4 is 18.4 Å². The van der Waals surface area contributed by atoms with E-state index < -0.39 is 5.97 Å². The van der Waals surface area contributed by atoms with E-state index in [0.717, 1.165) is 24.8 Å². The Morgan fingerprint density at radius 3 is 2.56 bits per heavy atom. The van der Waals surface area contributed by atoms with Gasteiger partial charge in [-0.15, -0.1) is 12.4 Å². The molecule has 1 saturated carbocycles. The maximum absolute atomic E-state index is 11.0. The van der Waals surface area contributed by atoms with Crippen molar-refractivity contribution in [3.05, 3.63) is 35.4 Å². The van der Waals surface area contributed by atoms with Gasteiger partial charge in [-0.25, -0.2) is 4.79 Å². The maximum Gasteiger partial charge on any atom is 0.335 e. The summed E-state index contributed by atoms with van der Waals surface area (Å²) in [4.78, 5) is 11.0. The molecule has 3 nitrogen and oxygen atoms in total. The minimum Gasteiger partial charge on any atom is -0.478 e. The molecule has 0 saturated heterocycles. The van der Waals surface area contributed by atoms with Crippen molar-refractivity contribution in [3.63, 3.8) is 0 Å². The third-order valence-corrected chi connectivity index (χ3v) is 3.16. The van der Waals surface area contributed by atoms with E-state index in [4.69, 9.17) is 10.8 Å². The number of hydrogen-bond donors (Lipinski definition) is 2. The first-order valence-corrected chi connectivity index (χ1v) is 5.28. The lowest BCUT2D eigenvalue weighted by Crippen LogP contribution is -2.24. The molecule has 0 bridgehead atoms. The molecule has 1 aliphatic rings. The highest BCUT2D eigenvalue weighted by Crippen LogP contribution is 2.34. The Morgan fingerprint density at radius 1 is 1.31 bits per heavy atom. The van der Waals surface area contributed by atoms with Crippen LogP contribution in [0.25, 0.3) is 0 Å². The van der Waals surface area contributed by atoms with Crippen LogP contribution < -0.4 is 5.73 Å². The van der Waals surface area contributed by atoms with Crippen LogP contribution in [0.4, 0.5) is 0 Å². The molecule has 3 N–H and O–H groups in total. The molecule has 1 aromatic rings. The highest BCUT2D eigenvalue weighted by Gasteiger charge is 2.28. The number of halogens is 1. The van der Waals surface area contributed by atoms with Gasteiger partial charge in [0.1, 0.15) is 0 Å². The van der Waals surface area contributed by atoms with Gasteiger partial charge in [0.2, 0.25) is 0 Å². The summed E-state index contributed by atoms with van der Waals surface area (Å²) in [5.41, 5.74) is 7.29. The predicted octanol–water partition coefficient (Wildman–Crippen LogP) is 2.40. The van der Waals surface area contributed by atoms with Crippen LogP contribution >= 0.6 is 12.4 Å². The molecule has 2 atom stereocenters. The third kappa shape index (κ3) is 2.36. The molecule has 4 heteroatoms. The van der Waals surface area contributed by atoms with Crippen LogP contribution in [-0.4, -0.2) is 17.1 Å². The van der Waals surface area contributed by atoms with Gasteiger partial charge >= 0.3 is 5.97 Å². The third-order valence-electron chi connectivity index (χ3n) is 3.16. The van der Waals surface area contributed by atoms with Crippen molar-refractivity contribution in [1.82, 2.24) is 0 Å². The second kappa shape index (κ2) is 5.32. The number of hydrogen-bond acceptors (Lipinski definition) is 2. The zero-order valence-corrected chi connectivity index (χ0v) is 9.74. The number of rotatable bonds is 2. The van der Waals surface area contributed by atoms with Crippen LogP contribution in [0.3, 0.4) is 0 Å². The molecule has 0 aliphatic heterocycles. The zero-order valence-electron chi connectivity index (χ0n) is 8.93. The Kier molecular flexibility index (Phi) is 4.33. The summed E-state index contributed by atoms with van der Waals surface area (Å²) < 4.78 is 0. The number of nitrogens with two attached hydrogens (primary N) is 1. The number of carboxylic acid groups (broad SMARTS) is 1. The number of carbonyl (C=O) groups is 1. The van der Waals surface area contributed by atoms with Crippen molar-refractivity contribution in [2.24, 2.45) is 5.73 Å².